The van der Waals surface area contributed by atoms with E-state index >= 15 is 0 Å². The fraction of sp³-hybridized carbons (Fsp3) is 0.316. The summed E-state index contributed by atoms with van der Waals surface area (Å²) in [7, 11) is 0. The maximum atomic E-state index is 13.2. The molecule has 0 saturated heterocycles. The van der Waals surface area contributed by atoms with Crippen molar-refractivity contribution >= 4 is 5.78 Å². The van der Waals surface area contributed by atoms with Crippen LogP contribution in [-0.2, 0) is 5.92 Å². The van der Waals surface area contributed by atoms with E-state index in [2.05, 4.69) is 5.32 Å². The van der Waals surface area contributed by atoms with Crippen molar-refractivity contribution in [1.82, 2.24) is 5.32 Å². The Bertz CT molecular complexity index is 723. The minimum Gasteiger partial charge on any atom is -0.352 e. The van der Waals surface area contributed by atoms with Crippen molar-refractivity contribution in [3.05, 3.63) is 70.6 Å². The first-order chi connectivity index (χ1) is 10.9. The van der Waals surface area contributed by atoms with Gasteiger partial charge in [-0.1, -0.05) is 36.4 Å². The van der Waals surface area contributed by atoms with Gasteiger partial charge in [-0.05, 0) is 37.3 Å². The first-order valence-electron chi connectivity index (χ1n) is 7.79. The van der Waals surface area contributed by atoms with Gasteiger partial charge in [-0.15, -0.1) is 0 Å². The number of Topliss-reactive ketones (excluding diaryl/α,β-unsaturated/α-hetero) is 1. The minimum absolute atomic E-state index is 0. The summed E-state index contributed by atoms with van der Waals surface area (Å²) in [4.78, 5) is 12.5. The number of rotatable bonds is 4. The van der Waals surface area contributed by atoms with Crippen LogP contribution in [0.25, 0.3) is 0 Å². The molecule has 0 aromatic heterocycles. The number of nitrogens with one attached hydrogen (secondary N) is 1. The third-order valence-electron chi connectivity index (χ3n) is 4.21. The fourth-order valence-electron chi connectivity index (χ4n) is 2.71. The number of carbonyl (C=O) groups excluding carboxylic acids is 1. The van der Waals surface area contributed by atoms with E-state index in [4.69, 9.17) is 0 Å². The molecule has 1 aliphatic heterocycles. The highest BCUT2D eigenvalue weighted by molar-refractivity contribution is 6.09. The molecular weight excluding hydrogens is 296 g/mol. The quantitative estimate of drug-likeness (QED) is 0.796. The van der Waals surface area contributed by atoms with E-state index < -0.39 is 5.92 Å². The van der Waals surface area contributed by atoms with E-state index in [9.17, 15) is 13.6 Å². The summed E-state index contributed by atoms with van der Waals surface area (Å²) in [6.07, 6.45) is 8.12. The number of allylic oxidation sites excluding steroid dienone is 5. The molecule has 0 amide bonds. The molecule has 23 heavy (non-hydrogen) atoms. The highest BCUT2D eigenvalue weighted by Gasteiger charge is 2.30. The van der Waals surface area contributed by atoms with Crippen LogP contribution in [0.1, 0.15) is 44.0 Å². The zero-order valence-corrected chi connectivity index (χ0v) is 13.2. The van der Waals surface area contributed by atoms with Gasteiger partial charge >= 0.3 is 0 Å². The van der Waals surface area contributed by atoms with Crippen molar-refractivity contribution in [1.29, 1.82) is 0 Å². The molecule has 3 rings (SSSR count). The smallest absolute Gasteiger partial charge is 0.270 e. The molecule has 0 atom stereocenters. The molecule has 1 heterocycles. The minimum atomic E-state index is -2.90. The Kier molecular flexibility index (Phi) is 3.92. The Labute approximate surface area is 136 Å². The molecule has 4 heteroatoms. The monoisotopic (exact) mass is 317 g/mol. The van der Waals surface area contributed by atoms with Crippen molar-refractivity contribution < 1.29 is 15.0 Å². The van der Waals surface area contributed by atoms with Crippen LogP contribution in [0.4, 0.5) is 8.78 Å². The molecule has 0 unspecified atom stereocenters. The maximum absolute atomic E-state index is 13.2. The van der Waals surface area contributed by atoms with E-state index in [0.29, 0.717) is 17.2 Å². The zero-order valence-electron chi connectivity index (χ0n) is 13.2. The van der Waals surface area contributed by atoms with E-state index in [-0.39, 0.29) is 12.8 Å². The maximum Gasteiger partial charge on any atom is 0.270 e. The van der Waals surface area contributed by atoms with Gasteiger partial charge in [-0.25, -0.2) is 8.78 Å². The highest BCUT2D eigenvalue weighted by Crippen LogP contribution is 2.40. The molecule has 1 saturated carbocycles. The first kappa shape index (κ1) is 15.7. The summed E-state index contributed by atoms with van der Waals surface area (Å²) < 4.78 is 26.5. The average Bonchev–Trinajstić information content (AvgIpc) is 3.37. The highest BCUT2D eigenvalue weighted by atomic mass is 19.3. The molecule has 0 spiro atoms. The van der Waals surface area contributed by atoms with Gasteiger partial charge in [0, 0.05) is 25.2 Å². The molecule has 1 fully saturated rings. The topological polar surface area (TPSA) is 29.1 Å². The number of dihydropyridines is 1. The summed E-state index contributed by atoms with van der Waals surface area (Å²) in [6, 6.07) is 5.51. The Balaban J connectivity index is 0.00000208. The van der Waals surface area contributed by atoms with E-state index in [1.165, 1.54) is 42.7 Å². The first-order valence-corrected chi connectivity index (χ1v) is 7.79. The van der Waals surface area contributed by atoms with Crippen molar-refractivity contribution in [2.24, 2.45) is 5.92 Å². The number of hydrogen-bond donors (Lipinski definition) is 1. The van der Waals surface area contributed by atoms with E-state index in [0.717, 1.165) is 12.6 Å². The van der Waals surface area contributed by atoms with Crippen molar-refractivity contribution in [3.63, 3.8) is 0 Å². The third kappa shape index (κ3) is 3.26. The predicted octanol–water partition coefficient (Wildman–Crippen LogP) is 4.95. The van der Waals surface area contributed by atoms with Crippen molar-refractivity contribution in [2.45, 2.75) is 32.6 Å². The summed E-state index contributed by atoms with van der Waals surface area (Å²) in [6.45, 7) is 2.78. The third-order valence-corrected chi connectivity index (χ3v) is 4.21. The average molecular weight is 317 g/mol. The fourth-order valence-corrected chi connectivity index (χ4v) is 2.71. The molecule has 1 N–H and O–H groups in total. The summed E-state index contributed by atoms with van der Waals surface area (Å²) in [5.41, 5.74) is 2.98. The molecule has 0 bridgehead atoms. The van der Waals surface area contributed by atoms with Gasteiger partial charge < -0.3 is 5.32 Å². The lowest BCUT2D eigenvalue weighted by molar-refractivity contribution is 0.0174. The van der Waals surface area contributed by atoms with Crippen LogP contribution < -0.4 is 5.32 Å². The van der Waals surface area contributed by atoms with Crippen LogP contribution in [0, 0.1) is 5.92 Å². The predicted molar refractivity (Wildman–Crippen MR) is 88.2 cm³/mol. The normalized spacial score (nSPS) is 19.9. The van der Waals surface area contributed by atoms with Gasteiger partial charge in [-0.3, -0.25) is 4.79 Å². The second-order valence-electron chi connectivity index (χ2n) is 6.10. The second kappa shape index (κ2) is 5.76. The molecule has 1 aliphatic carbocycles. The van der Waals surface area contributed by atoms with Crippen LogP contribution in [0.15, 0.2) is 59.5 Å². The van der Waals surface area contributed by atoms with Crippen molar-refractivity contribution in [3.8, 4) is 0 Å². The largest absolute Gasteiger partial charge is 0.352 e. The van der Waals surface area contributed by atoms with Gasteiger partial charge in [-0.2, -0.15) is 0 Å². The SMILES string of the molecule is C/C=C1/NC(C(=O)c2ccc(C(C)(F)F)cc2)=CC=C1C1CC1.[HH]. The van der Waals surface area contributed by atoms with Crippen LogP contribution >= 0.6 is 0 Å². The number of hydrogen-bond acceptors (Lipinski definition) is 2. The Morgan fingerprint density at radius 3 is 2.43 bits per heavy atom. The number of ketones is 1. The lowest BCUT2D eigenvalue weighted by atomic mass is 9.98. The van der Waals surface area contributed by atoms with Gasteiger partial charge in [0.05, 0.1) is 5.70 Å². The zero-order chi connectivity index (χ0) is 16.6. The van der Waals surface area contributed by atoms with Crippen LogP contribution in [0.5, 0.6) is 0 Å². The number of halogens is 2. The van der Waals surface area contributed by atoms with Gasteiger partial charge in [0.1, 0.15) is 0 Å². The van der Waals surface area contributed by atoms with Gasteiger partial charge in [0.15, 0.2) is 0 Å². The Morgan fingerprint density at radius 2 is 1.91 bits per heavy atom. The van der Waals surface area contributed by atoms with Crippen LogP contribution in [0.2, 0.25) is 0 Å². The summed E-state index contributed by atoms with van der Waals surface area (Å²) in [5.74, 6) is -2.50. The number of carbonyl (C=O) groups is 1. The summed E-state index contributed by atoms with van der Waals surface area (Å²) >= 11 is 0. The van der Waals surface area contributed by atoms with Gasteiger partial charge in [0.2, 0.25) is 5.78 Å². The molecule has 1 aromatic rings. The van der Waals surface area contributed by atoms with Crippen molar-refractivity contribution in [2.75, 3.05) is 0 Å². The Morgan fingerprint density at radius 1 is 1.26 bits per heavy atom. The molecule has 1 aromatic carbocycles. The van der Waals surface area contributed by atoms with E-state index in [1.54, 1.807) is 6.08 Å². The second-order valence-corrected chi connectivity index (χ2v) is 6.10. The standard InChI is InChI=1S/C19H19F2NO.H2/c1-3-16-15(12-4-5-12)10-11-17(22-16)18(23)13-6-8-14(9-7-13)19(2,20)21;/h3,6-12,22H,4-5H2,1-2H3;1H/b16-3+;. The molecule has 2 aliphatic rings. The van der Waals surface area contributed by atoms with Crippen LogP contribution in [0.3, 0.4) is 0 Å². The van der Waals surface area contributed by atoms with E-state index in [1.807, 2.05) is 19.1 Å². The number of benzene rings is 1. The lowest BCUT2D eigenvalue weighted by Gasteiger charge is -2.20. The Hall–Kier alpha value is -2.23. The van der Waals surface area contributed by atoms with Gasteiger partial charge in [0.25, 0.3) is 5.92 Å². The lowest BCUT2D eigenvalue weighted by Crippen LogP contribution is -2.24. The number of alkyl halides is 2. The molecule has 2 nitrogen and oxygen atoms in total. The molecule has 122 valence electrons. The molecule has 0 radical (unpaired) electrons. The molecular formula is C19H21F2NO. The van der Waals surface area contributed by atoms with Crippen LogP contribution in [-0.4, -0.2) is 5.78 Å². The summed E-state index contributed by atoms with van der Waals surface area (Å²) in [5, 5.41) is 3.17.